The molecular formula is C5H3NO3. The number of esters is 2. The van der Waals surface area contributed by atoms with Crippen LogP contribution in [0.1, 0.15) is 0 Å². The highest BCUT2D eigenvalue weighted by atomic mass is 16.6. The van der Waals surface area contributed by atoms with Crippen LogP contribution in [0.25, 0.3) is 0 Å². The van der Waals surface area contributed by atoms with Crippen molar-refractivity contribution in [3.63, 3.8) is 0 Å². The fourth-order valence-electron chi connectivity index (χ4n) is 0.466. The van der Waals surface area contributed by atoms with Crippen LogP contribution in [0.2, 0.25) is 0 Å². The molecule has 4 nitrogen and oxygen atoms in total. The zero-order valence-corrected chi connectivity index (χ0v) is 4.38. The lowest BCUT2D eigenvalue weighted by molar-refractivity contribution is -0.150. The standard InChI is InChI=1S/C5H3NO3/c6-2-3-1-4(7)9-5(3)8/h1-2,6H. The first-order chi connectivity index (χ1) is 4.24. The van der Waals surface area contributed by atoms with E-state index in [4.69, 9.17) is 5.41 Å². The number of cyclic esters (lactones) is 2. The Balaban J connectivity index is 2.93. The number of carbonyl (C=O) groups excluding carboxylic acids is 2. The minimum absolute atomic E-state index is 0.000000000000000222. The molecule has 0 unspecified atom stereocenters. The third-order valence-electron chi connectivity index (χ3n) is 0.858. The fourth-order valence-corrected chi connectivity index (χ4v) is 0.466. The maximum atomic E-state index is 10.4. The molecule has 1 aliphatic heterocycles. The molecule has 46 valence electrons. The number of hydrogen-bond donors (Lipinski definition) is 1. The summed E-state index contributed by atoms with van der Waals surface area (Å²) in [6.45, 7) is 0. The lowest BCUT2D eigenvalue weighted by Crippen LogP contribution is -2.01. The summed E-state index contributed by atoms with van der Waals surface area (Å²) in [5, 5.41) is 6.57. The molecule has 0 amide bonds. The Morgan fingerprint density at radius 2 is 2.22 bits per heavy atom. The van der Waals surface area contributed by atoms with Crippen molar-refractivity contribution < 1.29 is 14.3 Å². The van der Waals surface area contributed by atoms with E-state index in [1.54, 1.807) is 0 Å². The second-order valence-electron chi connectivity index (χ2n) is 1.45. The van der Waals surface area contributed by atoms with Gasteiger partial charge < -0.3 is 10.1 Å². The van der Waals surface area contributed by atoms with Gasteiger partial charge in [0.15, 0.2) is 0 Å². The summed E-state index contributed by atoms with van der Waals surface area (Å²) in [5.41, 5.74) is 0.000000000000000222. The van der Waals surface area contributed by atoms with Gasteiger partial charge in [0.25, 0.3) is 0 Å². The van der Waals surface area contributed by atoms with Crippen LogP contribution in [0, 0.1) is 5.41 Å². The van der Waals surface area contributed by atoms with Crippen LogP contribution in [-0.4, -0.2) is 18.2 Å². The van der Waals surface area contributed by atoms with Gasteiger partial charge in [-0.05, 0) is 0 Å². The molecule has 0 bridgehead atoms. The van der Waals surface area contributed by atoms with E-state index < -0.39 is 11.9 Å². The molecule has 0 radical (unpaired) electrons. The molecule has 0 aromatic carbocycles. The Morgan fingerprint density at radius 1 is 1.56 bits per heavy atom. The molecule has 1 N–H and O–H groups in total. The molecule has 9 heavy (non-hydrogen) atoms. The summed E-state index contributed by atoms with van der Waals surface area (Å²) in [7, 11) is 0. The highest BCUT2D eigenvalue weighted by Gasteiger charge is 2.20. The maximum Gasteiger partial charge on any atom is 0.347 e. The van der Waals surface area contributed by atoms with Gasteiger partial charge in [0, 0.05) is 12.3 Å². The summed E-state index contributed by atoms with van der Waals surface area (Å²) in [6, 6.07) is 0. The fraction of sp³-hybridized carbons (Fsp3) is 0. The minimum atomic E-state index is -0.741. The highest BCUT2D eigenvalue weighted by molar-refractivity contribution is 6.20. The van der Waals surface area contributed by atoms with Gasteiger partial charge in [-0.2, -0.15) is 0 Å². The molecule has 0 fully saturated rings. The van der Waals surface area contributed by atoms with Crippen molar-refractivity contribution in [2.45, 2.75) is 0 Å². The summed E-state index contributed by atoms with van der Waals surface area (Å²) < 4.78 is 4.04. The molecule has 1 heterocycles. The van der Waals surface area contributed by atoms with Crippen LogP contribution in [0.5, 0.6) is 0 Å². The summed E-state index contributed by atoms with van der Waals surface area (Å²) >= 11 is 0. The van der Waals surface area contributed by atoms with Crippen LogP contribution in [0.15, 0.2) is 11.6 Å². The summed E-state index contributed by atoms with van der Waals surface area (Å²) in [5.74, 6) is -1.44. The molecule has 0 saturated carbocycles. The first-order valence-corrected chi connectivity index (χ1v) is 2.22. The number of carbonyl (C=O) groups is 2. The van der Waals surface area contributed by atoms with Crippen molar-refractivity contribution in [3.8, 4) is 0 Å². The van der Waals surface area contributed by atoms with Crippen molar-refractivity contribution in [2.75, 3.05) is 0 Å². The lowest BCUT2D eigenvalue weighted by Gasteiger charge is -1.84. The Morgan fingerprint density at radius 3 is 2.44 bits per heavy atom. The van der Waals surface area contributed by atoms with E-state index in [2.05, 4.69) is 4.74 Å². The molecule has 0 aromatic heterocycles. The largest absolute Gasteiger partial charge is 0.386 e. The normalized spacial score (nSPS) is 17.1. The zero-order chi connectivity index (χ0) is 6.85. The van der Waals surface area contributed by atoms with Gasteiger partial charge in [-0.25, -0.2) is 9.59 Å². The maximum absolute atomic E-state index is 10.4. The Kier molecular flexibility index (Phi) is 1.14. The zero-order valence-electron chi connectivity index (χ0n) is 4.38. The number of ether oxygens (including phenoxy) is 1. The molecule has 0 aromatic rings. The van der Waals surface area contributed by atoms with E-state index in [9.17, 15) is 9.59 Å². The third-order valence-corrected chi connectivity index (χ3v) is 0.858. The minimum Gasteiger partial charge on any atom is -0.386 e. The molecule has 0 atom stereocenters. The van der Waals surface area contributed by atoms with Crippen LogP contribution in [0.4, 0.5) is 0 Å². The van der Waals surface area contributed by atoms with Gasteiger partial charge >= 0.3 is 11.9 Å². The first kappa shape index (κ1) is 5.68. The van der Waals surface area contributed by atoms with E-state index in [0.717, 1.165) is 12.3 Å². The van der Waals surface area contributed by atoms with E-state index in [-0.39, 0.29) is 5.57 Å². The van der Waals surface area contributed by atoms with Crippen LogP contribution in [0.3, 0.4) is 0 Å². The van der Waals surface area contributed by atoms with Gasteiger partial charge in [0.05, 0.1) is 5.57 Å². The van der Waals surface area contributed by atoms with Crippen LogP contribution >= 0.6 is 0 Å². The van der Waals surface area contributed by atoms with Crippen molar-refractivity contribution >= 4 is 18.2 Å². The second kappa shape index (κ2) is 1.81. The van der Waals surface area contributed by atoms with Crippen molar-refractivity contribution in [2.24, 2.45) is 0 Å². The number of rotatable bonds is 1. The summed E-state index contributed by atoms with van der Waals surface area (Å²) in [4.78, 5) is 20.6. The van der Waals surface area contributed by atoms with Crippen molar-refractivity contribution in [1.29, 1.82) is 5.41 Å². The second-order valence-corrected chi connectivity index (χ2v) is 1.45. The lowest BCUT2D eigenvalue weighted by atomic mass is 10.3. The Bertz CT molecular complexity index is 216. The van der Waals surface area contributed by atoms with Crippen LogP contribution < -0.4 is 0 Å². The smallest absolute Gasteiger partial charge is 0.347 e. The van der Waals surface area contributed by atoms with Gasteiger partial charge in [0.1, 0.15) is 0 Å². The van der Waals surface area contributed by atoms with Crippen molar-refractivity contribution in [3.05, 3.63) is 11.6 Å². The average Bonchev–Trinajstić information content (AvgIpc) is 2.10. The van der Waals surface area contributed by atoms with E-state index in [1.165, 1.54) is 0 Å². The van der Waals surface area contributed by atoms with Crippen LogP contribution in [-0.2, 0) is 14.3 Å². The monoisotopic (exact) mass is 125 g/mol. The molecule has 0 spiro atoms. The predicted molar refractivity (Wildman–Crippen MR) is 28.0 cm³/mol. The topological polar surface area (TPSA) is 67.2 Å². The van der Waals surface area contributed by atoms with E-state index >= 15 is 0 Å². The van der Waals surface area contributed by atoms with E-state index in [1.807, 2.05) is 0 Å². The molecular weight excluding hydrogens is 122 g/mol. The van der Waals surface area contributed by atoms with Gasteiger partial charge in [-0.3, -0.25) is 0 Å². The third kappa shape index (κ3) is 0.861. The van der Waals surface area contributed by atoms with Gasteiger partial charge in [-0.15, -0.1) is 0 Å². The Hall–Kier alpha value is -1.45. The highest BCUT2D eigenvalue weighted by Crippen LogP contribution is 2.03. The SMILES string of the molecule is N=CC1=CC(=O)OC1=O. The van der Waals surface area contributed by atoms with Crippen molar-refractivity contribution in [1.82, 2.24) is 0 Å². The predicted octanol–water partition coefficient (Wildman–Crippen LogP) is -0.354. The molecule has 0 saturated heterocycles. The first-order valence-electron chi connectivity index (χ1n) is 2.22. The molecule has 0 aliphatic carbocycles. The molecule has 1 rings (SSSR count). The number of hydrogen-bond acceptors (Lipinski definition) is 4. The summed E-state index contributed by atoms with van der Waals surface area (Å²) in [6.07, 6.45) is 1.77. The van der Waals surface area contributed by atoms with Gasteiger partial charge in [0.2, 0.25) is 0 Å². The van der Waals surface area contributed by atoms with E-state index in [0.29, 0.717) is 0 Å². The Labute approximate surface area is 50.6 Å². The number of nitrogens with one attached hydrogen (secondary N) is 1. The van der Waals surface area contributed by atoms with Gasteiger partial charge in [-0.1, -0.05) is 0 Å². The molecule has 1 aliphatic rings. The molecule has 4 heteroatoms. The quantitative estimate of drug-likeness (QED) is 0.296. The average molecular weight is 125 g/mol.